The second kappa shape index (κ2) is 9.62. The molecule has 36 heavy (non-hydrogen) atoms. The van der Waals surface area contributed by atoms with Crippen LogP contribution < -0.4 is 4.72 Å². The Bertz CT molecular complexity index is 1310. The monoisotopic (exact) mass is 513 g/mol. The Morgan fingerprint density at radius 3 is 1.97 bits per heavy atom. The standard InChI is InChI=1S/C32H36NOPS/c1-22-17-19-25(20-18-22)28(33-36(34)31(3,4)5)30-27(24-13-9-7-10-14-24)32(6)21-35(30)29(23(32)2)26-15-11-8-12-16-26/h7-20,28,33H,21H2,1-6H3/t28-,32-,35+,36+/m1/s1. The highest BCUT2D eigenvalue weighted by atomic mass is 32.2. The van der Waals surface area contributed by atoms with E-state index < -0.39 is 19.3 Å². The van der Waals surface area contributed by atoms with Crippen molar-refractivity contribution >= 4 is 30.2 Å². The number of benzene rings is 3. The topological polar surface area (TPSA) is 35.1 Å². The number of nitrogens with one attached hydrogen (secondary N) is 1. The summed E-state index contributed by atoms with van der Waals surface area (Å²) < 4.78 is 16.9. The first-order chi connectivity index (χ1) is 17.1. The smallest absolute Gasteiger partial charge is 0.136 e. The molecule has 4 heteroatoms. The second-order valence-electron chi connectivity index (χ2n) is 11.2. The van der Waals surface area contributed by atoms with E-state index in [4.69, 9.17) is 0 Å². The van der Waals surface area contributed by atoms with E-state index in [-0.39, 0.29) is 16.2 Å². The van der Waals surface area contributed by atoms with E-state index in [9.17, 15) is 4.55 Å². The molecule has 2 heterocycles. The van der Waals surface area contributed by atoms with Crippen molar-refractivity contribution in [1.82, 2.24) is 4.72 Å². The third-order valence-electron chi connectivity index (χ3n) is 7.60. The van der Waals surface area contributed by atoms with Crippen molar-refractivity contribution in [2.75, 3.05) is 6.16 Å². The van der Waals surface area contributed by atoms with Crippen molar-refractivity contribution < 1.29 is 4.55 Å². The molecule has 5 rings (SSSR count). The summed E-state index contributed by atoms with van der Waals surface area (Å²) in [5, 5.41) is 2.94. The summed E-state index contributed by atoms with van der Waals surface area (Å²) in [4.78, 5) is 0. The minimum absolute atomic E-state index is 0.0403. The molecule has 2 aliphatic heterocycles. The molecule has 0 saturated heterocycles. The van der Waals surface area contributed by atoms with Crippen LogP contribution in [0.4, 0.5) is 0 Å². The van der Waals surface area contributed by atoms with Crippen molar-refractivity contribution in [3.8, 4) is 0 Å². The molecule has 3 aromatic rings. The van der Waals surface area contributed by atoms with Crippen LogP contribution in [0, 0.1) is 12.3 Å². The van der Waals surface area contributed by atoms with Gasteiger partial charge in [-0.05, 0) is 81.6 Å². The molecular weight excluding hydrogens is 477 g/mol. The molecule has 186 valence electrons. The van der Waals surface area contributed by atoms with Gasteiger partial charge in [-0.25, -0.2) is 0 Å². The van der Waals surface area contributed by atoms with Crippen LogP contribution in [-0.4, -0.2) is 15.5 Å². The lowest BCUT2D eigenvalue weighted by Crippen LogP contribution is -2.41. The van der Waals surface area contributed by atoms with Gasteiger partial charge in [0, 0.05) is 16.8 Å². The van der Waals surface area contributed by atoms with Gasteiger partial charge < -0.3 is 4.55 Å². The Labute approximate surface area is 221 Å². The molecule has 2 bridgehead atoms. The molecule has 4 atom stereocenters. The van der Waals surface area contributed by atoms with Crippen LogP contribution in [0.5, 0.6) is 0 Å². The van der Waals surface area contributed by atoms with Crippen LogP contribution in [0.15, 0.2) is 95.8 Å². The van der Waals surface area contributed by atoms with E-state index in [2.05, 4.69) is 110 Å². The van der Waals surface area contributed by atoms with E-state index in [0.717, 1.165) is 6.16 Å². The Morgan fingerprint density at radius 1 is 0.861 bits per heavy atom. The maximum absolute atomic E-state index is 13.6. The fourth-order valence-electron chi connectivity index (χ4n) is 5.53. The summed E-state index contributed by atoms with van der Waals surface area (Å²) in [5.41, 5.74) is 7.91. The molecule has 1 N–H and O–H groups in total. The highest BCUT2D eigenvalue weighted by Crippen LogP contribution is 2.79. The SMILES string of the molecule is CC1=C(c2ccccc2)[P@]2C[C@@]1(C)C(c1ccccc1)=C2[C@H](N[S@@+]([O-])C(C)(C)C)c1ccc(C)cc1. The lowest BCUT2D eigenvalue weighted by Gasteiger charge is -2.36. The number of rotatable bonds is 6. The third kappa shape index (κ3) is 4.41. The highest BCUT2D eigenvalue weighted by molar-refractivity contribution is 7.90. The average Bonchev–Trinajstić information content (AvgIpc) is 3.31. The largest absolute Gasteiger partial charge is 0.598 e. The number of allylic oxidation sites excluding steroid dienone is 2. The van der Waals surface area contributed by atoms with Crippen molar-refractivity contribution in [3.05, 3.63) is 118 Å². The molecule has 0 spiro atoms. The van der Waals surface area contributed by atoms with E-state index in [0.29, 0.717) is 0 Å². The quantitative estimate of drug-likeness (QED) is 0.265. The molecular formula is C32H36NOPS. The summed E-state index contributed by atoms with van der Waals surface area (Å²) in [6, 6.07) is 30.4. The fraction of sp³-hybridized carbons (Fsp3) is 0.312. The first kappa shape index (κ1) is 25.5. The van der Waals surface area contributed by atoms with Crippen LogP contribution in [0.25, 0.3) is 10.9 Å². The molecule has 0 saturated carbocycles. The first-order valence-corrected chi connectivity index (χ1v) is 15.4. The van der Waals surface area contributed by atoms with Gasteiger partial charge in [0.2, 0.25) is 0 Å². The molecule has 0 aliphatic carbocycles. The molecule has 2 aliphatic rings. The Morgan fingerprint density at radius 2 is 1.42 bits per heavy atom. The summed E-state index contributed by atoms with van der Waals surface area (Å²) >= 11 is -1.21. The van der Waals surface area contributed by atoms with Gasteiger partial charge >= 0.3 is 0 Å². The van der Waals surface area contributed by atoms with Gasteiger partial charge in [0.1, 0.15) is 10.8 Å². The molecule has 0 fully saturated rings. The fourth-order valence-corrected chi connectivity index (χ4v) is 10.3. The van der Waals surface area contributed by atoms with Gasteiger partial charge in [-0.3, -0.25) is 0 Å². The van der Waals surface area contributed by atoms with Gasteiger partial charge in [0.15, 0.2) is 0 Å². The van der Waals surface area contributed by atoms with Crippen molar-refractivity contribution in [2.45, 2.75) is 52.3 Å². The van der Waals surface area contributed by atoms with Gasteiger partial charge in [-0.2, -0.15) is 0 Å². The number of hydrogen-bond acceptors (Lipinski definition) is 2. The lowest BCUT2D eigenvalue weighted by molar-refractivity contribution is 0.536. The van der Waals surface area contributed by atoms with Crippen LogP contribution >= 0.6 is 7.92 Å². The van der Waals surface area contributed by atoms with Crippen LogP contribution in [0.3, 0.4) is 0 Å². The number of aryl methyl sites for hydroxylation is 1. The van der Waals surface area contributed by atoms with Crippen LogP contribution in [0.2, 0.25) is 0 Å². The van der Waals surface area contributed by atoms with Gasteiger partial charge in [-0.1, -0.05) is 103 Å². The zero-order valence-corrected chi connectivity index (χ0v) is 23.8. The van der Waals surface area contributed by atoms with Crippen LogP contribution in [0.1, 0.15) is 62.9 Å². The molecule has 0 unspecified atom stereocenters. The van der Waals surface area contributed by atoms with Gasteiger partial charge in [0.25, 0.3) is 0 Å². The number of hydrogen-bond donors (Lipinski definition) is 1. The summed E-state index contributed by atoms with van der Waals surface area (Å²) in [6.07, 6.45) is 1.12. The van der Waals surface area contributed by atoms with Gasteiger partial charge in [0.05, 0.1) is 0 Å². The Kier molecular flexibility index (Phi) is 6.81. The van der Waals surface area contributed by atoms with Crippen molar-refractivity contribution in [2.24, 2.45) is 5.41 Å². The van der Waals surface area contributed by atoms with Crippen molar-refractivity contribution in [3.63, 3.8) is 0 Å². The average molecular weight is 514 g/mol. The normalized spacial score (nSPS) is 23.4. The molecule has 0 aromatic heterocycles. The Hall–Kier alpha value is -2.16. The Balaban J connectivity index is 1.74. The highest BCUT2D eigenvalue weighted by Gasteiger charge is 2.54. The lowest BCUT2D eigenvalue weighted by atomic mass is 9.73. The second-order valence-corrected chi connectivity index (χ2v) is 15.3. The van der Waals surface area contributed by atoms with Crippen LogP contribution in [-0.2, 0) is 11.4 Å². The maximum Gasteiger partial charge on any atom is 0.136 e. The molecule has 0 amide bonds. The summed E-state index contributed by atoms with van der Waals surface area (Å²) in [7, 11) is -0.598. The first-order valence-electron chi connectivity index (χ1n) is 12.7. The molecule has 0 radical (unpaired) electrons. The van der Waals surface area contributed by atoms with E-state index in [1.54, 1.807) is 0 Å². The van der Waals surface area contributed by atoms with E-state index in [1.807, 2.05) is 20.8 Å². The predicted octanol–water partition coefficient (Wildman–Crippen LogP) is 8.45. The molecule has 2 nitrogen and oxygen atoms in total. The van der Waals surface area contributed by atoms with E-state index >= 15 is 0 Å². The van der Waals surface area contributed by atoms with Gasteiger partial charge in [-0.15, -0.1) is 4.72 Å². The zero-order valence-electron chi connectivity index (χ0n) is 22.1. The predicted molar refractivity (Wildman–Crippen MR) is 157 cm³/mol. The third-order valence-corrected chi connectivity index (χ3v) is 12.3. The van der Waals surface area contributed by atoms with E-state index in [1.165, 1.54) is 44.0 Å². The summed E-state index contributed by atoms with van der Waals surface area (Å²) in [5.74, 6) is 0. The summed E-state index contributed by atoms with van der Waals surface area (Å²) in [6.45, 7) is 13.0. The molecule has 3 aromatic carbocycles. The zero-order chi connectivity index (χ0) is 25.7. The number of fused-ring (bicyclic) bond motifs is 2. The van der Waals surface area contributed by atoms with Crippen molar-refractivity contribution in [1.29, 1.82) is 0 Å². The minimum atomic E-state index is -1.21. The minimum Gasteiger partial charge on any atom is -0.598 e. The maximum atomic E-state index is 13.6.